The molecule has 2 unspecified atom stereocenters. The summed E-state index contributed by atoms with van der Waals surface area (Å²) in [6, 6.07) is 24.3. The van der Waals surface area contributed by atoms with Gasteiger partial charge in [-0.25, -0.2) is 4.90 Å². The average molecular weight is 469 g/mol. The molecule has 180 valence electrons. The molecule has 3 aromatic rings. The molecule has 0 saturated carbocycles. The van der Waals surface area contributed by atoms with E-state index in [0.717, 1.165) is 32.3 Å². The number of hydrogen-bond acceptors (Lipinski definition) is 4. The minimum Gasteiger partial charge on any atom is -0.366 e. The molecule has 1 aliphatic carbocycles. The Kier molecular flexibility index (Phi) is 6.80. The second-order valence-corrected chi connectivity index (χ2v) is 9.48. The lowest BCUT2D eigenvalue weighted by molar-refractivity contribution is -0.0213. The highest BCUT2D eigenvalue weighted by Gasteiger charge is 2.37. The largest absolute Gasteiger partial charge is 0.366 e. The van der Waals surface area contributed by atoms with Crippen molar-refractivity contribution in [3.8, 4) is 0 Å². The molecular weight excluding hydrogens is 436 g/mol. The van der Waals surface area contributed by atoms with E-state index in [1.54, 1.807) is 24.3 Å². The first-order valence-electron chi connectivity index (χ1n) is 12.6. The number of nitrogens with zero attached hydrogens (tertiary/aromatic N) is 2. The first kappa shape index (κ1) is 23.5. The maximum absolute atomic E-state index is 12.9. The van der Waals surface area contributed by atoms with Crippen molar-refractivity contribution in [2.24, 2.45) is 0 Å². The third-order valence-electron chi connectivity index (χ3n) is 7.28. The van der Waals surface area contributed by atoms with Gasteiger partial charge in [0.05, 0.1) is 23.5 Å². The van der Waals surface area contributed by atoms with Crippen LogP contribution in [0.25, 0.3) is 0 Å². The van der Waals surface area contributed by atoms with Crippen LogP contribution in [0.15, 0.2) is 72.8 Å². The van der Waals surface area contributed by atoms with Gasteiger partial charge < -0.3 is 4.74 Å². The van der Waals surface area contributed by atoms with E-state index in [9.17, 15) is 9.59 Å². The topological polar surface area (TPSA) is 49.9 Å². The molecule has 0 spiro atoms. The van der Waals surface area contributed by atoms with Crippen LogP contribution >= 0.6 is 0 Å². The number of imide groups is 1. The maximum atomic E-state index is 12.9. The quantitative estimate of drug-likeness (QED) is 0.238. The molecule has 3 aromatic carbocycles. The number of ether oxygens (including phenoxy) is 1. The molecule has 0 aromatic heterocycles. The number of hydrogen-bond donors (Lipinski definition) is 0. The number of anilines is 1. The lowest BCUT2D eigenvalue weighted by Gasteiger charge is -2.39. The first-order valence-corrected chi connectivity index (χ1v) is 12.6. The normalized spacial score (nSPS) is 18.0. The van der Waals surface area contributed by atoms with E-state index in [1.807, 2.05) is 12.1 Å². The third-order valence-corrected chi connectivity index (χ3v) is 7.28. The summed E-state index contributed by atoms with van der Waals surface area (Å²) in [4.78, 5) is 29.7. The van der Waals surface area contributed by atoms with Gasteiger partial charge in [0.15, 0.2) is 0 Å². The number of benzene rings is 3. The number of carbonyl (C=O) groups excluding carboxylic acids is 2. The van der Waals surface area contributed by atoms with Gasteiger partial charge in [0, 0.05) is 18.7 Å². The molecule has 2 atom stereocenters. The Morgan fingerprint density at radius 2 is 1.63 bits per heavy atom. The Bertz CT molecular complexity index is 1190. The zero-order chi connectivity index (χ0) is 24.4. The van der Waals surface area contributed by atoms with Crippen molar-refractivity contribution in [2.75, 3.05) is 18.2 Å². The SMILES string of the molecule is CCCOCN(C1CCc2cc(N3C(=O)c4ccccc4C3=O)ccc2C1)C(C)c1ccccc1. The lowest BCUT2D eigenvalue weighted by atomic mass is 9.86. The smallest absolute Gasteiger partial charge is 0.266 e. The highest BCUT2D eigenvalue weighted by Crippen LogP contribution is 2.34. The Balaban J connectivity index is 1.36. The van der Waals surface area contributed by atoms with Gasteiger partial charge in [-0.3, -0.25) is 14.5 Å². The Hall–Kier alpha value is -3.28. The van der Waals surface area contributed by atoms with Crippen LogP contribution in [0.4, 0.5) is 5.69 Å². The van der Waals surface area contributed by atoms with Crippen molar-refractivity contribution >= 4 is 17.5 Å². The fourth-order valence-corrected chi connectivity index (χ4v) is 5.34. The fourth-order valence-electron chi connectivity index (χ4n) is 5.34. The number of carbonyl (C=O) groups is 2. The summed E-state index contributed by atoms with van der Waals surface area (Å²) in [5, 5.41) is 0. The Morgan fingerprint density at radius 3 is 2.31 bits per heavy atom. The molecule has 5 nitrogen and oxygen atoms in total. The second-order valence-electron chi connectivity index (χ2n) is 9.48. The molecule has 5 heteroatoms. The van der Waals surface area contributed by atoms with Crippen LogP contribution in [0, 0.1) is 0 Å². The maximum Gasteiger partial charge on any atom is 0.266 e. The van der Waals surface area contributed by atoms with Gasteiger partial charge in [0.1, 0.15) is 0 Å². The van der Waals surface area contributed by atoms with Crippen molar-refractivity contribution in [1.29, 1.82) is 0 Å². The first-order chi connectivity index (χ1) is 17.1. The molecule has 0 bridgehead atoms. The number of rotatable bonds is 8. The Labute approximate surface area is 207 Å². The summed E-state index contributed by atoms with van der Waals surface area (Å²) in [6.07, 6.45) is 3.83. The van der Waals surface area contributed by atoms with Gasteiger partial charge in [-0.1, -0.05) is 55.5 Å². The van der Waals surface area contributed by atoms with Crippen molar-refractivity contribution in [3.63, 3.8) is 0 Å². The zero-order valence-electron chi connectivity index (χ0n) is 20.4. The van der Waals surface area contributed by atoms with E-state index in [-0.39, 0.29) is 17.9 Å². The zero-order valence-corrected chi connectivity index (χ0v) is 20.4. The number of amides is 2. The molecule has 35 heavy (non-hydrogen) atoms. The lowest BCUT2D eigenvalue weighted by Crippen LogP contribution is -2.42. The molecule has 0 N–H and O–H groups in total. The summed E-state index contributed by atoms with van der Waals surface area (Å²) >= 11 is 0. The van der Waals surface area contributed by atoms with Crippen LogP contribution in [0.3, 0.4) is 0 Å². The Morgan fingerprint density at radius 1 is 0.943 bits per heavy atom. The van der Waals surface area contributed by atoms with Crippen LogP contribution in [0.1, 0.15) is 70.1 Å². The predicted molar refractivity (Wildman–Crippen MR) is 138 cm³/mol. The molecule has 0 saturated heterocycles. The number of fused-ring (bicyclic) bond motifs is 2. The molecule has 2 amide bonds. The second kappa shape index (κ2) is 10.1. The summed E-state index contributed by atoms with van der Waals surface area (Å²) in [5.41, 5.74) is 5.41. The van der Waals surface area contributed by atoms with E-state index in [4.69, 9.17) is 4.74 Å². The third kappa shape index (κ3) is 4.54. The minimum absolute atomic E-state index is 0.241. The van der Waals surface area contributed by atoms with Crippen molar-refractivity contribution in [2.45, 2.75) is 51.6 Å². The van der Waals surface area contributed by atoms with E-state index >= 15 is 0 Å². The minimum atomic E-state index is -0.241. The van der Waals surface area contributed by atoms with Gasteiger partial charge in [-0.05, 0) is 73.6 Å². The van der Waals surface area contributed by atoms with Gasteiger partial charge in [-0.15, -0.1) is 0 Å². The standard InChI is InChI=1S/C30H32N2O3/c1-3-17-35-20-31(21(2)22-9-5-4-6-10-22)25-15-13-24-19-26(16-14-23(24)18-25)32-29(33)27-11-7-8-12-28(27)30(32)34/h4-12,14,16,19,21,25H,3,13,15,17-18,20H2,1-2H3. The van der Waals surface area contributed by atoms with Gasteiger partial charge in [-0.2, -0.15) is 0 Å². The average Bonchev–Trinajstić information content (AvgIpc) is 3.16. The van der Waals surface area contributed by atoms with E-state index < -0.39 is 0 Å². The highest BCUT2D eigenvalue weighted by molar-refractivity contribution is 6.34. The van der Waals surface area contributed by atoms with Crippen LogP contribution in [0.2, 0.25) is 0 Å². The molecule has 0 radical (unpaired) electrons. The molecular formula is C30H32N2O3. The van der Waals surface area contributed by atoms with Gasteiger partial charge >= 0.3 is 0 Å². The summed E-state index contributed by atoms with van der Waals surface area (Å²) < 4.78 is 6.01. The van der Waals surface area contributed by atoms with E-state index in [1.165, 1.54) is 21.6 Å². The molecule has 2 aliphatic rings. The van der Waals surface area contributed by atoms with Gasteiger partial charge in [0.25, 0.3) is 11.8 Å². The highest BCUT2D eigenvalue weighted by atomic mass is 16.5. The predicted octanol–water partition coefficient (Wildman–Crippen LogP) is 5.79. The van der Waals surface area contributed by atoms with E-state index in [0.29, 0.717) is 29.6 Å². The van der Waals surface area contributed by atoms with Crippen LogP contribution < -0.4 is 4.90 Å². The van der Waals surface area contributed by atoms with Gasteiger partial charge in [0.2, 0.25) is 0 Å². The van der Waals surface area contributed by atoms with Crippen LogP contribution in [0.5, 0.6) is 0 Å². The monoisotopic (exact) mass is 468 g/mol. The summed E-state index contributed by atoms with van der Waals surface area (Å²) in [7, 11) is 0. The van der Waals surface area contributed by atoms with Crippen LogP contribution in [-0.2, 0) is 17.6 Å². The van der Waals surface area contributed by atoms with Crippen molar-refractivity contribution in [1.82, 2.24) is 4.90 Å². The molecule has 1 aliphatic heterocycles. The summed E-state index contributed by atoms with van der Waals surface area (Å²) in [6.45, 7) is 5.75. The molecule has 1 heterocycles. The number of aryl methyl sites for hydroxylation is 1. The van der Waals surface area contributed by atoms with Crippen molar-refractivity contribution < 1.29 is 14.3 Å². The van der Waals surface area contributed by atoms with Crippen molar-refractivity contribution in [3.05, 3.63) is 101 Å². The van der Waals surface area contributed by atoms with E-state index in [2.05, 4.69) is 55.1 Å². The fraction of sp³-hybridized carbons (Fsp3) is 0.333. The van der Waals surface area contributed by atoms with Crippen LogP contribution in [-0.4, -0.2) is 36.1 Å². The summed E-state index contributed by atoms with van der Waals surface area (Å²) in [5.74, 6) is -0.481. The molecule has 5 rings (SSSR count). The molecule has 0 fully saturated rings.